The van der Waals surface area contributed by atoms with Gasteiger partial charge in [-0.1, -0.05) is 37.6 Å². The normalized spacial score (nSPS) is 14.0. The van der Waals surface area contributed by atoms with E-state index in [2.05, 4.69) is 46.8 Å². The fraction of sp³-hybridized carbons (Fsp3) is 0.636. The van der Waals surface area contributed by atoms with Crippen LogP contribution in [-0.2, 0) is 27.4 Å². The fourth-order valence-corrected chi connectivity index (χ4v) is 3.07. The van der Waals surface area contributed by atoms with Crippen molar-refractivity contribution in [1.29, 1.82) is 0 Å². The van der Waals surface area contributed by atoms with E-state index < -0.39 is 0 Å². The molecule has 1 aromatic carbocycles. The summed E-state index contributed by atoms with van der Waals surface area (Å²) in [6, 6.07) is 8.38. The third-order valence-electron chi connectivity index (χ3n) is 4.80. The third kappa shape index (κ3) is 10.6. The van der Waals surface area contributed by atoms with E-state index in [-0.39, 0.29) is 29.9 Å². The fourth-order valence-electron chi connectivity index (χ4n) is 3.07. The second-order valence-corrected chi connectivity index (χ2v) is 7.17. The second-order valence-electron chi connectivity index (χ2n) is 7.17. The highest BCUT2D eigenvalue weighted by Gasteiger charge is 2.19. The number of hydrogen-bond acceptors (Lipinski definition) is 4. The molecule has 8 heteroatoms. The Balaban J connectivity index is 0.00000450. The lowest BCUT2D eigenvalue weighted by Crippen LogP contribution is -2.38. The summed E-state index contributed by atoms with van der Waals surface area (Å²) in [5.41, 5.74) is 2.34. The molecule has 1 fully saturated rings. The Morgan fingerprint density at radius 1 is 1.07 bits per heavy atom. The lowest BCUT2D eigenvalue weighted by Gasteiger charge is -2.16. The number of ether oxygens (including phenoxy) is 2. The Kier molecular flexibility index (Phi) is 14.5. The number of carbonyl (C=O) groups excluding carboxylic acids is 1. The average Bonchev–Trinajstić information content (AvgIpc) is 3.14. The lowest BCUT2D eigenvalue weighted by molar-refractivity contribution is -0.128. The zero-order valence-electron chi connectivity index (χ0n) is 18.3. The molecule has 0 bridgehead atoms. The molecule has 7 nitrogen and oxygen atoms in total. The summed E-state index contributed by atoms with van der Waals surface area (Å²) in [4.78, 5) is 17.9. The van der Waals surface area contributed by atoms with Crippen LogP contribution in [0.15, 0.2) is 29.3 Å². The molecule has 1 aromatic rings. The molecular weight excluding hydrogens is 495 g/mol. The molecule has 1 aliphatic rings. The van der Waals surface area contributed by atoms with Crippen LogP contribution in [0.1, 0.15) is 43.7 Å². The molecule has 1 heterocycles. The average molecular weight is 532 g/mol. The smallest absolute Gasteiger partial charge is 0.222 e. The monoisotopic (exact) mass is 532 g/mol. The number of rotatable bonds is 13. The lowest BCUT2D eigenvalue weighted by atomic mass is 10.1. The van der Waals surface area contributed by atoms with Crippen molar-refractivity contribution in [3.8, 4) is 0 Å². The van der Waals surface area contributed by atoms with E-state index in [1.807, 2.05) is 4.90 Å². The van der Waals surface area contributed by atoms with Crippen molar-refractivity contribution < 1.29 is 14.3 Å². The van der Waals surface area contributed by atoms with Crippen molar-refractivity contribution in [1.82, 2.24) is 15.5 Å². The number of nitrogens with one attached hydrogen (secondary N) is 2. The van der Waals surface area contributed by atoms with Crippen LogP contribution in [0.4, 0.5) is 0 Å². The third-order valence-corrected chi connectivity index (χ3v) is 4.80. The van der Waals surface area contributed by atoms with Gasteiger partial charge in [-0.15, -0.1) is 24.0 Å². The molecule has 0 atom stereocenters. The number of halogens is 1. The molecule has 0 radical (unpaired) electrons. The Bertz CT molecular complexity index is 625. The van der Waals surface area contributed by atoms with E-state index in [0.29, 0.717) is 45.9 Å². The van der Waals surface area contributed by atoms with Crippen LogP contribution < -0.4 is 10.6 Å². The summed E-state index contributed by atoms with van der Waals surface area (Å²) in [6.07, 6.45) is 3.92. The van der Waals surface area contributed by atoms with Crippen molar-refractivity contribution in [2.24, 2.45) is 4.99 Å². The summed E-state index contributed by atoms with van der Waals surface area (Å²) in [5.74, 6) is 1.01. The molecule has 1 aliphatic heterocycles. The number of hydrogen-bond donors (Lipinski definition) is 2. The van der Waals surface area contributed by atoms with Crippen molar-refractivity contribution in [2.75, 3.05) is 46.6 Å². The number of aliphatic imine (C=N–C) groups is 1. The quantitative estimate of drug-likeness (QED) is 0.177. The van der Waals surface area contributed by atoms with E-state index in [4.69, 9.17) is 9.47 Å². The van der Waals surface area contributed by atoms with Gasteiger partial charge in [0.2, 0.25) is 5.91 Å². The first-order valence-electron chi connectivity index (χ1n) is 10.7. The molecule has 0 saturated carbocycles. The summed E-state index contributed by atoms with van der Waals surface area (Å²) in [6.45, 7) is 7.81. The zero-order chi connectivity index (χ0) is 20.7. The summed E-state index contributed by atoms with van der Waals surface area (Å²) < 4.78 is 11.0. The Labute approximate surface area is 198 Å². The first kappa shape index (κ1) is 26.6. The number of benzene rings is 1. The molecule has 0 spiro atoms. The van der Waals surface area contributed by atoms with Gasteiger partial charge in [-0.25, -0.2) is 0 Å². The van der Waals surface area contributed by atoms with E-state index in [9.17, 15) is 4.79 Å². The van der Waals surface area contributed by atoms with Gasteiger partial charge in [-0.05, 0) is 24.0 Å². The van der Waals surface area contributed by atoms with E-state index in [0.717, 1.165) is 38.4 Å². The Morgan fingerprint density at radius 2 is 1.77 bits per heavy atom. The SMILES string of the molecule is CCCCOCCOCCNC(=NC)NCc1ccc(CN2CCCC2=O)cc1.I. The van der Waals surface area contributed by atoms with Gasteiger partial charge < -0.3 is 25.0 Å². The number of carbonyl (C=O) groups is 1. The van der Waals surface area contributed by atoms with E-state index >= 15 is 0 Å². The van der Waals surface area contributed by atoms with Crippen molar-refractivity contribution in [2.45, 2.75) is 45.7 Å². The molecule has 2 N–H and O–H groups in total. The maximum Gasteiger partial charge on any atom is 0.222 e. The second kappa shape index (κ2) is 16.3. The van der Waals surface area contributed by atoms with Gasteiger partial charge in [0.1, 0.15) is 0 Å². The molecular formula is C22H37IN4O3. The highest BCUT2D eigenvalue weighted by molar-refractivity contribution is 14.0. The first-order valence-corrected chi connectivity index (χ1v) is 10.7. The van der Waals surface area contributed by atoms with Gasteiger partial charge in [0.05, 0.1) is 19.8 Å². The van der Waals surface area contributed by atoms with Crippen molar-refractivity contribution in [3.63, 3.8) is 0 Å². The van der Waals surface area contributed by atoms with Crippen LogP contribution in [0.25, 0.3) is 0 Å². The van der Waals surface area contributed by atoms with Gasteiger partial charge in [-0.2, -0.15) is 0 Å². The minimum atomic E-state index is 0. The number of unbranched alkanes of at least 4 members (excludes halogenated alkanes) is 1. The van der Waals surface area contributed by atoms with Crippen LogP contribution in [0.2, 0.25) is 0 Å². The van der Waals surface area contributed by atoms with E-state index in [1.165, 1.54) is 11.1 Å². The highest BCUT2D eigenvalue weighted by Crippen LogP contribution is 2.14. The number of nitrogens with zero attached hydrogens (tertiary/aromatic N) is 2. The van der Waals surface area contributed by atoms with Gasteiger partial charge in [-0.3, -0.25) is 9.79 Å². The molecule has 30 heavy (non-hydrogen) atoms. The van der Waals surface area contributed by atoms with Gasteiger partial charge in [0.15, 0.2) is 5.96 Å². The standard InChI is InChI=1S/C22H36N4O3.HI/c1-3-4-13-28-15-16-29-14-11-24-22(23-2)25-17-19-7-9-20(10-8-19)18-26-12-5-6-21(26)27;/h7-10H,3-6,11-18H2,1-2H3,(H2,23,24,25);1H. The maximum absolute atomic E-state index is 11.7. The van der Waals surface area contributed by atoms with Gasteiger partial charge in [0, 0.05) is 46.3 Å². The Hall–Kier alpha value is -1.39. The summed E-state index contributed by atoms with van der Waals surface area (Å²) >= 11 is 0. The number of amides is 1. The van der Waals surface area contributed by atoms with Crippen LogP contribution in [0.3, 0.4) is 0 Å². The minimum absolute atomic E-state index is 0. The van der Waals surface area contributed by atoms with Crippen LogP contribution in [0, 0.1) is 0 Å². The molecule has 0 unspecified atom stereocenters. The molecule has 170 valence electrons. The van der Waals surface area contributed by atoms with E-state index in [1.54, 1.807) is 7.05 Å². The molecule has 0 aliphatic carbocycles. The minimum Gasteiger partial charge on any atom is -0.379 e. The van der Waals surface area contributed by atoms with Gasteiger partial charge >= 0.3 is 0 Å². The van der Waals surface area contributed by atoms with Crippen molar-refractivity contribution in [3.05, 3.63) is 35.4 Å². The predicted octanol–water partition coefficient (Wildman–Crippen LogP) is 2.93. The molecule has 0 aromatic heterocycles. The predicted molar refractivity (Wildman–Crippen MR) is 131 cm³/mol. The molecule has 2 rings (SSSR count). The zero-order valence-corrected chi connectivity index (χ0v) is 20.7. The number of guanidine groups is 1. The Morgan fingerprint density at radius 3 is 2.40 bits per heavy atom. The highest BCUT2D eigenvalue weighted by atomic mass is 127. The van der Waals surface area contributed by atoms with Crippen LogP contribution >= 0.6 is 24.0 Å². The topological polar surface area (TPSA) is 75.2 Å². The summed E-state index contributed by atoms with van der Waals surface area (Å²) in [7, 11) is 1.76. The van der Waals surface area contributed by atoms with Crippen molar-refractivity contribution >= 4 is 35.8 Å². The first-order chi connectivity index (χ1) is 14.2. The number of likely N-dealkylation sites (tertiary alicyclic amines) is 1. The van der Waals surface area contributed by atoms with Crippen LogP contribution in [0.5, 0.6) is 0 Å². The van der Waals surface area contributed by atoms with Crippen LogP contribution in [-0.4, -0.2) is 63.3 Å². The maximum atomic E-state index is 11.7. The molecule has 1 saturated heterocycles. The summed E-state index contributed by atoms with van der Waals surface area (Å²) in [5, 5.41) is 6.55. The largest absolute Gasteiger partial charge is 0.379 e. The molecule has 1 amide bonds. The van der Waals surface area contributed by atoms with Gasteiger partial charge in [0.25, 0.3) is 0 Å².